The van der Waals surface area contributed by atoms with Gasteiger partial charge in [0.1, 0.15) is 0 Å². The van der Waals surface area contributed by atoms with Gasteiger partial charge in [-0.1, -0.05) is 43.2 Å². The third-order valence-electron chi connectivity index (χ3n) is 6.87. The predicted molar refractivity (Wildman–Crippen MR) is 131 cm³/mol. The van der Waals surface area contributed by atoms with E-state index in [0.717, 1.165) is 53.4 Å². The molecule has 170 valence electrons. The minimum absolute atomic E-state index is 0.0879. The second-order valence-electron chi connectivity index (χ2n) is 9.01. The molecule has 0 radical (unpaired) electrons. The molecule has 7 heteroatoms. The summed E-state index contributed by atoms with van der Waals surface area (Å²) in [5, 5.41) is 17.4. The zero-order valence-electron chi connectivity index (χ0n) is 18.7. The first-order valence-electron chi connectivity index (χ1n) is 11.7. The minimum Gasteiger partial charge on any atom is -0.391 e. The van der Waals surface area contributed by atoms with Crippen molar-refractivity contribution in [2.24, 2.45) is 0 Å². The molecule has 1 fully saturated rings. The van der Waals surface area contributed by atoms with E-state index in [-0.39, 0.29) is 11.6 Å². The van der Waals surface area contributed by atoms with E-state index in [1.54, 1.807) is 21.8 Å². The Morgan fingerprint density at radius 3 is 2.59 bits per heavy atom. The maximum Gasteiger partial charge on any atom is 0.261 e. The Morgan fingerprint density at radius 2 is 1.82 bits per heavy atom. The van der Waals surface area contributed by atoms with Crippen LogP contribution in [-0.4, -0.2) is 35.5 Å². The number of hydrogen-bond donors (Lipinski definition) is 1. The molecule has 2 aromatic carbocycles. The quantitative estimate of drug-likeness (QED) is 0.414. The highest BCUT2D eigenvalue weighted by Crippen LogP contribution is 2.30. The van der Waals surface area contributed by atoms with Crippen LogP contribution in [0, 0.1) is 0 Å². The van der Waals surface area contributed by atoms with Crippen LogP contribution in [0.2, 0.25) is 0 Å². The average molecular weight is 452 g/mol. The van der Waals surface area contributed by atoms with Crippen LogP contribution in [0.3, 0.4) is 0 Å². The Labute approximate surface area is 196 Å². The van der Waals surface area contributed by atoms with Gasteiger partial charge in [-0.05, 0) is 54.0 Å². The predicted octanol–water partition coefficient (Wildman–Crippen LogP) is 4.20. The lowest BCUT2D eigenvalue weighted by Gasteiger charge is -2.29. The number of aliphatic hydroxyl groups excluding tert-OH is 1. The highest BCUT2D eigenvalue weighted by molar-refractivity contribution is 6.06. The lowest BCUT2D eigenvalue weighted by Crippen LogP contribution is -2.34. The topological polar surface area (TPSA) is 85.8 Å². The molecule has 3 aromatic heterocycles. The summed E-state index contributed by atoms with van der Waals surface area (Å²) in [5.41, 5.74) is 2.72. The molecule has 0 spiro atoms. The lowest BCUT2D eigenvalue weighted by atomic mass is 9.92. The van der Waals surface area contributed by atoms with Gasteiger partial charge in [0.15, 0.2) is 5.82 Å². The van der Waals surface area contributed by atoms with Gasteiger partial charge in [-0.15, -0.1) is 0 Å². The van der Waals surface area contributed by atoms with Crippen molar-refractivity contribution in [2.45, 2.75) is 44.2 Å². The van der Waals surface area contributed by atoms with Crippen molar-refractivity contribution in [3.8, 4) is 5.82 Å². The van der Waals surface area contributed by atoms with E-state index in [9.17, 15) is 9.90 Å². The van der Waals surface area contributed by atoms with Crippen molar-refractivity contribution in [1.82, 2.24) is 24.3 Å². The number of aromatic nitrogens is 5. The van der Waals surface area contributed by atoms with Crippen molar-refractivity contribution in [2.75, 3.05) is 0 Å². The Bertz CT molecular complexity index is 1520. The van der Waals surface area contributed by atoms with Crippen LogP contribution in [0.5, 0.6) is 0 Å². The number of fused-ring (bicyclic) bond motifs is 3. The molecule has 1 saturated carbocycles. The number of aliphatic hydroxyl groups is 1. The Hall–Kier alpha value is -3.84. The van der Waals surface area contributed by atoms with E-state index < -0.39 is 6.10 Å². The molecule has 0 unspecified atom stereocenters. The highest BCUT2D eigenvalue weighted by atomic mass is 16.3. The summed E-state index contributed by atoms with van der Waals surface area (Å²) in [4.78, 5) is 22.8. The molecule has 34 heavy (non-hydrogen) atoms. The average Bonchev–Trinajstić information content (AvgIpc) is 3.41. The first-order chi connectivity index (χ1) is 16.7. The lowest BCUT2D eigenvalue weighted by molar-refractivity contribution is 0.0735. The smallest absolute Gasteiger partial charge is 0.261 e. The summed E-state index contributed by atoms with van der Waals surface area (Å²) in [5.74, 6) is 0.759. The SMILES string of the molecule is O=c1c2cc(Cc3ccc(-n4cccn4)nc3)c3ccccc3c2ncn1[C@H]1CCCC[C@@H]1O. The summed E-state index contributed by atoms with van der Waals surface area (Å²) in [7, 11) is 0. The van der Waals surface area contributed by atoms with Crippen molar-refractivity contribution in [3.05, 3.63) is 94.9 Å². The van der Waals surface area contributed by atoms with E-state index in [0.29, 0.717) is 17.3 Å². The van der Waals surface area contributed by atoms with Gasteiger partial charge in [0, 0.05) is 24.0 Å². The van der Waals surface area contributed by atoms with Crippen LogP contribution in [0.4, 0.5) is 0 Å². The molecule has 3 heterocycles. The molecule has 0 saturated heterocycles. The van der Waals surface area contributed by atoms with E-state index >= 15 is 0 Å². The minimum atomic E-state index is -0.509. The maximum absolute atomic E-state index is 13.6. The first kappa shape index (κ1) is 20.7. The summed E-state index contributed by atoms with van der Waals surface area (Å²) in [6, 6.07) is 15.7. The van der Waals surface area contributed by atoms with E-state index in [4.69, 9.17) is 4.98 Å². The zero-order valence-corrected chi connectivity index (χ0v) is 18.7. The maximum atomic E-state index is 13.6. The van der Waals surface area contributed by atoms with Crippen LogP contribution in [0.25, 0.3) is 27.5 Å². The summed E-state index contributed by atoms with van der Waals surface area (Å²) in [6.07, 6.45) is 10.7. The first-order valence-corrected chi connectivity index (χ1v) is 11.7. The molecular weight excluding hydrogens is 426 g/mol. The standard InChI is InChI=1S/C27H25N5O2/c33-24-9-4-3-8-23(24)31-17-29-26-21-7-2-1-6-20(21)19(15-22(26)27(31)34)14-18-10-11-25(28-16-18)32-13-5-12-30-32/h1-2,5-7,10-13,15-17,23-24,33H,3-4,8-9,14H2/t23-,24-/m0/s1. The molecule has 2 atom stereocenters. The van der Waals surface area contributed by atoms with Gasteiger partial charge in [-0.3, -0.25) is 9.36 Å². The van der Waals surface area contributed by atoms with Gasteiger partial charge >= 0.3 is 0 Å². The number of rotatable bonds is 4. The Morgan fingerprint density at radius 1 is 0.971 bits per heavy atom. The Kier molecular flexibility index (Phi) is 5.19. The zero-order chi connectivity index (χ0) is 23.1. The molecule has 6 rings (SSSR count). The number of benzene rings is 2. The summed E-state index contributed by atoms with van der Waals surface area (Å²) >= 11 is 0. The third-order valence-corrected chi connectivity index (χ3v) is 6.87. The van der Waals surface area contributed by atoms with Crippen molar-refractivity contribution < 1.29 is 5.11 Å². The summed E-state index contributed by atoms with van der Waals surface area (Å²) < 4.78 is 3.37. The highest BCUT2D eigenvalue weighted by Gasteiger charge is 2.26. The van der Waals surface area contributed by atoms with Gasteiger partial charge < -0.3 is 5.11 Å². The largest absolute Gasteiger partial charge is 0.391 e. The van der Waals surface area contributed by atoms with E-state index in [1.807, 2.05) is 54.9 Å². The van der Waals surface area contributed by atoms with Crippen molar-refractivity contribution >= 4 is 21.7 Å². The van der Waals surface area contributed by atoms with Crippen LogP contribution >= 0.6 is 0 Å². The Balaban J connectivity index is 1.45. The van der Waals surface area contributed by atoms with Crippen LogP contribution in [0.15, 0.2) is 78.2 Å². The molecule has 0 aliphatic heterocycles. The third kappa shape index (κ3) is 3.58. The molecule has 1 aliphatic carbocycles. The fraction of sp³-hybridized carbons (Fsp3) is 0.259. The fourth-order valence-electron chi connectivity index (χ4n) is 5.13. The normalized spacial score (nSPS) is 18.5. The van der Waals surface area contributed by atoms with Crippen LogP contribution in [-0.2, 0) is 6.42 Å². The molecule has 1 aliphatic rings. The molecule has 1 N–H and O–H groups in total. The van der Waals surface area contributed by atoms with Crippen LogP contribution < -0.4 is 5.56 Å². The monoisotopic (exact) mass is 451 g/mol. The van der Waals surface area contributed by atoms with Gasteiger partial charge in [0.05, 0.1) is 29.4 Å². The van der Waals surface area contributed by atoms with Crippen molar-refractivity contribution in [1.29, 1.82) is 0 Å². The second kappa shape index (κ2) is 8.50. The summed E-state index contributed by atoms with van der Waals surface area (Å²) in [6.45, 7) is 0. The fourth-order valence-corrected chi connectivity index (χ4v) is 5.13. The molecular formula is C27H25N5O2. The van der Waals surface area contributed by atoms with Gasteiger partial charge in [-0.25, -0.2) is 14.6 Å². The molecule has 5 aromatic rings. The number of hydrogen-bond acceptors (Lipinski definition) is 5. The van der Waals surface area contributed by atoms with Crippen LogP contribution in [0.1, 0.15) is 42.9 Å². The van der Waals surface area contributed by atoms with E-state index in [1.165, 1.54) is 0 Å². The van der Waals surface area contributed by atoms with Gasteiger partial charge in [0.2, 0.25) is 0 Å². The van der Waals surface area contributed by atoms with Gasteiger partial charge in [0.25, 0.3) is 5.56 Å². The molecule has 7 nitrogen and oxygen atoms in total. The second-order valence-corrected chi connectivity index (χ2v) is 9.01. The number of nitrogens with zero attached hydrogens (tertiary/aromatic N) is 5. The van der Waals surface area contributed by atoms with E-state index in [2.05, 4.69) is 16.1 Å². The molecule has 0 amide bonds. The van der Waals surface area contributed by atoms with Crippen molar-refractivity contribution in [3.63, 3.8) is 0 Å². The number of pyridine rings is 1. The molecule has 0 bridgehead atoms. The van der Waals surface area contributed by atoms with Gasteiger partial charge in [-0.2, -0.15) is 5.10 Å².